The summed E-state index contributed by atoms with van der Waals surface area (Å²) < 4.78 is 6.70. The molecule has 1 atom stereocenters. The second-order valence-electron chi connectivity index (χ2n) is 12.7. The van der Waals surface area contributed by atoms with Crippen LogP contribution in [0.4, 0.5) is 0 Å². The zero-order chi connectivity index (χ0) is 32.3. The summed E-state index contributed by atoms with van der Waals surface area (Å²) in [4.78, 5) is 15.4. The second kappa shape index (κ2) is 11.1. The van der Waals surface area contributed by atoms with Gasteiger partial charge >= 0.3 is 0 Å². The Balaban J connectivity index is 1.17. The van der Waals surface area contributed by atoms with Crippen LogP contribution in [0.25, 0.3) is 88.2 Å². The molecule has 0 N–H and O–H groups in total. The van der Waals surface area contributed by atoms with E-state index in [1.165, 1.54) is 27.3 Å². The first-order valence-corrected chi connectivity index (χ1v) is 16.7. The highest BCUT2D eigenvalue weighted by Gasteiger charge is 2.21. The lowest BCUT2D eigenvalue weighted by Gasteiger charge is -2.15. The Morgan fingerprint density at radius 3 is 2.14 bits per heavy atom. The van der Waals surface area contributed by atoms with Crippen LogP contribution in [0.5, 0.6) is 0 Å². The van der Waals surface area contributed by atoms with E-state index in [2.05, 4.69) is 140 Å². The minimum absolute atomic E-state index is 0.0648. The molecular formula is C45H29N3O. The van der Waals surface area contributed by atoms with E-state index in [9.17, 15) is 0 Å². The predicted molar refractivity (Wildman–Crippen MR) is 202 cm³/mol. The Hall–Kier alpha value is -6.39. The third-order valence-corrected chi connectivity index (χ3v) is 9.78. The van der Waals surface area contributed by atoms with Crippen molar-refractivity contribution in [2.75, 3.05) is 0 Å². The van der Waals surface area contributed by atoms with E-state index in [1.54, 1.807) is 0 Å². The van der Waals surface area contributed by atoms with Crippen LogP contribution in [0.3, 0.4) is 0 Å². The number of hydrogen-bond acceptors (Lipinski definition) is 4. The normalized spacial score (nSPS) is 14.5. The van der Waals surface area contributed by atoms with Gasteiger partial charge in [-0.2, -0.15) is 0 Å². The van der Waals surface area contributed by atoms with Gasteiger partial charge in [0.05, 0.1) is 0 Å². The van der Waals surface area contributed by atoms with Crippen LogP contribution in [0.2, 0.25) is 0 Å². The third-order valence-electron chi connectivity index (χ3n) is 9.78. The van der Waals surface area contributed by atoms with Crippen LogP contribution in [0.15, 0.2) is 162 Å². The van der Waals surface area contributed by atoms with Gasteiger partial charge in [-0.1, -0.05) is 133 Å². The molecule has 10 rings (SSSR count). The maximum absolute atomic E-state index is 6.70. The standard InChI is InChI=1S/C45H29N3O/c1-3-10-28(11-4-1)32-20-21-34-27-35(23-22-33(34)26-32)44-46-43(31-13-5-2-6-14-31)47-45(48-44)38-16-9-17-39-41(38)37-25-24-30-19-18-29-12-7-8-15-36(29)40(30)42(37)49-39/h1-13,15-27,31H,14H2. The Morgan fingerprint density at radius 1 is 0.510 bits per heavy atom. The van der Waals surface area contributed by atoms with Gasteiger partial charge in [0.2, 0.25) is 0 Å². The number of benzene rings is 7. The number of fused-ring (bicyclic) bond motifs is 8. The van der Waals surface area contributed by atoms with Crippen molar-refractivity contribution in [1.29, 1.82) is 0 Å². The van der Waals surface area contributed by atoms with E-state index in [1.807, 2.05) is 18.2 Å². The van der Waals surface area contributed by atoms with Crippen molar-refractivity contribution in [1.82, 2.24) is 15.0 Å². The van der Waals surface area contributed by atoms with Crippen LogP contribution in [-0.2, 0) is 0 Å². The second-order valence-corrected chi connectivity index (χ2v) is 12.7. The van der Waals surface area contributed by atoms with Crippen LogP contribution in [-0.4, -0.2) is 15.0 Å². The van der Waals surface area contributed by atoms with Gasteiger partial charge in [-0.3, -0.25) is 0 Å². The smallest absolute Gasteiger partial charge is 0.164 e. The first-order chi connectivity index (χ1) is 24.3. The number of nitrogens with zero attached hydrogens (tertiary/aromatic N) is 3. The van der Waals surface area contributed by atoms with E-state index in [4.69, 9.17) is 19.4 Å². The predicted octanol–water partition coefficient (Wildman–Crippen LogP) is 11.8. The molecule has 1 aliphatic rings. The summed E-state index contributed by atoms with van der Waals surface area (Å²) in [6.07, 6.45) is 9.36. The molecule has 0 spiro atoms. The van der Waals surface area contributed by atoms with Gasteiger partial charge in [0.1, 0.15) is 17.0 Å². The fraction of sp³-hybridized carbons (Fsp3) is 0.0444. The van der Waals surface area contributed by atoms with Crippen molar-refractivity contribution in [3.63, 3.8) is 0 Å². The molecule has 4 heteroatoms. The van der Waals surface area contributed by atoms with Gasteiger partial charge < -0.3 is 4.42 Å². The maximum atomic E-state index is 6.70. The van der Waals surface area contributed by atoms with Crippen molar-refractivity contribution in [3.8, 4) is 33.9 Å². The summed E-state index contributed by atoms with van der Waals surface area (Å²) in [7, 11) is 0. The average Bonchev–Trinajstić information content (AvgIpc) is 3.57. The van der Waals surface area contributed by atoms with E-state index >= 15 is 0 Å². The highest BCUT2D eigenvalue weighted by molar-refractivity contribution is 6.24. The fourth-order valence-corrected chi connectivity index (χ4v) is 7.33. The lowest BCUT2D eigenvalue weighted by molar-refractivity contribution is 0.673. The summed E-state index contributed by atoms with van der Waals surface area (Å²) in [5.41, 5.74) is 6.00. The summed E-state index contributed by atoms with van der Waals surface area (Å²) in [5.74, 6) is 2.14. The molecule has 0 radical (unpaired) electrons. The van der Waals surface area contributed by atoms with Gasteiger partial charge in [-0.25, -0.2) is 15.0 Å². The van der Waals surface area contributed by atoms with Crippen molar-refractivity contribution >= 4 is 54.3 Å². The molecule has 0 amide bonds. The molecule has 4 nitrogen and oxygen atoms in total. The summed E-state index contributed by atoms with van der Waals surface area (Å²) in [6, 6.07) is 47.0. The number of rotatable bonds is 4. The summed E-state index contributed by atoms with van der Waals surface area (Å²) >= 11 is 0. The molecule has 9 aromatic rings. The molecule has 2 heterocycles. The Morgan fingerprint density at radius 2 is 1.27 bits per heavy atom. The van der Waals surface area contributed by atoms with Gasteiger partial charge in [-0.15, -0.1) is 0 Å². The van der Waals surface area contributed by atoms with Gasteiger partial charge in [0.15, 0.2) is 11.6 Å². The Labute approximate surface area is 282 Å². The van der Waals surface area contributed by atoms with Crippen LogP contribution in [0.1, 0.15) is 18.2 Å². The van der Waals surface area contributed by atoms with E-state index < -0.39 is 0 Å². The molecule has 230 valence electrons. The van der Waals surface area contributed by atoms with E-state index in [0.717, 1.165) is 61.5 Å². The van der Waals surface area contributed by atoms with Gasteiger partial charge in [-0.05, 0) is 68.7 Å². The molecule has 0 saturated heterocycles. The first kappa shape index (κ1) is 27.7. The first-order valence-electron chi connectivity index (χ1n) is 16.7. The molecule has 0 bridgehead atoms. The lowest BCUT2D eigenvalue weighted by atomic mass is 9.98. The molecule has 2 aromatic heterocycles. The van der Waals surface area contributed by atoms with Crippen LogP contribution < -0.4 is 0 Å². The molecule has 0 fully saturated rings. The highest BCUT2D eigenvalue weighted by Crippen LogP contribution is 2.41. The molecular weight excluding hydrogens is 599 g/mol. The molecule has 1 unspecified atom stereocenters. The molecule has 0 aliphatic heterocycles. The Bertz CT molecular complexity index is 2810. The molecule has 49 heavy (non-hydrogen) atoms. The number of furan rings is 1. The summed E-state index contributed by atoms with van der Waals surface area (Å²) in [5, 5.41) is 9.04. The monoisotopic (exact) mass is 627 g/mol. The van der Waals surface area contributed by atoms with Gasteiger partial charge in [0, 0.05) is 33.2 Å². The molecule has 7 aromatic carbocycles. The van der Waals surface area contributed by atoms with E-state index in [-0.39, 0.29) is 5.92 Å². The van der Waals surface area contributed by atoms with Crippen LogP contribution in [0, 0.1) is 0 Å². The molecule has 1 aliphatic carbocycles. The van der Waals surface area contributed by atoms with E-state index in [0.29, 0.717) is 11.6 Å². The van der Waals surface area contributed by atoms with Crippen molar-refractivity contribution in [2.45, 2.75) is 12.3 Å². The number of aromatic nitrogens is 3. The molecule has 0 saturated carbocycles. The number of hydrogen-bond donors (Lipinski definition) is 0. The minimum atomic E-state index is 0.0648. The largest absolute Gasteiger partial charge is 0.455 e. The Kier molecular flexibility index (Phi) is 6.28. The fourth-order valence-electron chi connectivity index (χ4n) is 7.33. The maximum Gasteiger partial charge on any atom is 0.164 e. The summed E-state index contributed by atoms with van der Waals surface area (Å²) in [6.45, 7) is 0. The lowest BCUT2D eigenvalue weighted by Crippen LogP contribution is -2.08. The zero-order valence-electron chi connectivity index (χ0n) is 26.5. The van der Waals surface area contributed by atoms with Crippen molar-refractivity contribution < 1.29 is 4.42 Å². The van der Waals surface area contributed by atoms with Crippen molar-refractivity contribution in [3.05, 3.63) is 164 Å². The topological polar surface area (TPSA) is 51.8 Å². The third kappa shape index (κ3) is 4.64. The van der Waals surface area contributed by atoms with Crippen molar-refractivity contribution in [2.24, 2.45) is 0 Å². The number of allylic oxidation sites excluding steroid dienone is 4. The van der Waals surface area contributed by atoms with Crippen LogP contribution >= 0.6 is 0 Å². The minimum Gasteiger partial charge on any atom is -0.455 e. The van der Waals surface area contributed by atoms with Gasteiger partial charge in [0.25, 0.3) is 0 Å². The quantitative estimate of drug-likeness (QED) is 0.182. The highest BCUT2D eigenvalue weighted by atomic mass is 16.3. The average molecular weight is 628 g/mol. The SMILES string of the molecule is C1=CCC(c2nc(-c3ccc4cc(-c5ccccc5)ccc4c3)nc(-c3cccc4oc5c(ccc6ccc7ccccc7c65)c34)n2)C=C1. The zero-order valence-corrected chi connectivity index (χ0v) is 26.5.